The van der Waals surface area contributed by atoms with Crippen molar-refractivity contribution in [3.8, 4) is 0 Å². The van der Waals surface area contributed by atoms with E-state index in [4.69, 9.17) is 0 Å². The molecule has 0 aliphatic heterocycles. The molecule has 2 aromatic heterocycles. The van der Waals surface area contributed by atoms with Crippen molar-refractivity contribution in [3.05, 3.63) is 45.8 Å². The van der Waals surface area contributed by atoms with Crippen LogP contribution in [0, 0.1) is 6.92 Å². The zero-order valence-electron chi connectivity index (χ0n) is 9.58. The number of nitrogens with zero attached hydrogens (tertiary/aromatic N) is 1. The summed E-state index contributed by atoms with van der Waals surface area (Å²) in [5.41, 5.74) is -0.692. The van der Waals surface area contributed by atoms with Crippen LogP contribution in [0.3, 0.4) is 0 Å². The van der Waals surface area contributed by atoms with Crippen molar-refractivity contribution in [1.29, 1.82) is 0 Å². The zero-order chi connectivity index (χ0) is 13.2. The lowest BCUT2D eigenvalue weighted by Crippen LogP contribution is -2.07. The van der Waals surface area contributed by atoms with Crippen LogP contribution >= 0.6 is 11.3 Å². The Morgan fingerprint density at radius 3 is 2.67 bits per heavy atom. The maximum Gasteiger partial charge on any atom is 0.416 e. The van der Waals surface area contributed by atoms with Gasteiger partial charge in [0.1, 0.15) is 5.82 Å². The van der Waals surface area contributed by atoms with E-state index < -0.39 is 11.7 Å². The number of halogens is 3. The predicted molar refractivity (Wildman–Crippen MR) is 65.6 cm³/mol. The maximum atomic E-state index is 12.5. The number of alkyl halides is 3. The average molecular weight is 272 g/mol. The zero-order valence-corrected chi connectivity index (χ0v) is 10.4. The number of hydrogen-bond acceptors (Lipinski definition) is 3. The fourth-order valence-electron chi connectivity index (χ4n) is 1.46. The third-order valence-corrected chi connectivity index (χ3v) is 3.33. The average Bonchev–Trinajstić information content (AvgIpc) is 2.72. The van der Waals surface area contributed by atoms with Crippen LogP contribution in [-0.2, 0) is 12.7 Å². The summed E-state index contributed by atoms with van der Waals surface area (Å²) in [6.45, 7) is 2.46. The summed E-state index contributed by atoms with van der Waals surface area (Å²) in [4.78, 5) is 6.10. The van der Waals surface area contributed by atoms with E-state index in [0.29, 0.717) is 6.54 Å². The maximum absolute atomic E-state index is 12.5. The van der Waals surface area contributed by atoms with Crippen molar-refractivity contribution in [2.75, 3.05) is 5.32 Å². The van der Waals surface area contributed by atoms with Gasteiger partial charge in [0.25, 0.3) is 0 Å². The number of aryl methyl sites for hydroxylation is 1. The first-order chi connectivity index (χ1) is 8.45. The third kappa shape index (κ3) is 3.22. The summed E-state index contributed by atoms with van der Waals surface area (Å²) >= 11 is 1.60. The van der Waals surface area contributed by atoms with Crippen molar-refractivity contribution < 1.29 is 13.2 Å². The minimum atomic E-state index is -4.33. The summed E-state index contributed by atoms with van der Waals surface area (Å²) in [5.74, 6) is 0.232. The van der Waals surface area contributed by atoms with Crippen LogP contribution in [0.1, 0.15) is 15.3 Å². The molecule has 96 valence electrons. The lowest BCUT2D eigenvalue weighted by Gasteiger charge is -2.09. The highest BCUT2D eigenvalue weighted by molar-refractivity contribution is 7.11. The number of rotatable bonds is 3. The van der Waals surface area contributed by atoms with E-state index in [9.17, 15) is 13.2 Å². The minimum Gasteiger partial charge on any atom is -0.365 e. The molecule has 18 heavy (non-hydrogen) atoms. The molecule has 2 aromatic rings. The Kier molecular flexibility index (Phi) is 3.56. The molecule has 0 saturated carbocycles. The Bertz CT molecular complexity index is 534. The van der Waals surface area contributed by atoms with Crippen molar-refractivity contribution in [2.45, 2.75) is 19.6 Å². The summed E-state index contributed by atoms with van der Waals surface area (Å²) in [6, 6.07) is 5.89. The molecule has 0 amide bonds. The van der Waals surface area contributed by atoms with Crippen LogP contribution in [-0.4, -0.2) is 4.98 Å². The smallest absolute Gasteiger partial charge is 0.365 e. The molecule has 0 unspecified atom stereocenters. The highest BCUT2D eigenvalue weighted by Crippen LogP contribution is 2.30. The van der Waals surface area contributed by atoms with Crippen molar-refractivity contribution in [1.82, 2.24) is 4.98 Å². The molecule has 0 aromatic carbocycles. The fourth-order valence-corrected chi connectivity index (χ4v) is 2.29. The molecule has 0 aliphatic carbocycles. The standard InChI is InChI=1S/C12H11F3N2S/c1-8-2-3-10(18-8)7-17-11-6-9(4-5-16-11)12(13,14)15/h2-6H,7H2,1H3,(H,16,17). The van der Waals surface area contributed by atoms with Gasteiger partial charge in [0.2, 0.25) is 0 Å². The molecule has 0 aliphatic rings. The van der Waals surface area contributed by atoms with Crippen molar-refractivity contribution >= 4 is 17.2 Å². The van der Waals surface area contributed by atoms with E-state index in [-0.39, 0.29) is 5.82 Å². The van der Waals surface area contributed by atoms with E-state index in [0.717, 1.165) is 23.2 Å². The molecule has 2 nitrogen and oxygen atoms in total. The van der Waals surface area contributed by atoms with Crippen molar-refractivity contribution in [2.24, 2.45) is 0 Å². The van der Waals surface area contributed by atoms with Crippen molar-refractivity contribution in [3.63, 3.8) is 0 Å². The highest BCUT2D eigenvalue weighted by atomic mass is 32.1. The second-order valence-corrected chi connectivity index (χ2v) is 5.17. The molecule has 2 heterocycles. The first-order valence-corrected chi connectivity index (χ1v) is 6.09. The van der Waals surface area contributed by atoms with E-state index in [1.54, 1.807) is 11.3 Å². The van der Waals surface area contributed by atoms with Crippen LogP contribution in [0.4, 0.5) is 19.0 Å². The fraction of sp³-hybridized carbons (Fsp3) is 0.250. The van der Waals surface area contributed by atoms with Gasteiger partial charge in [-0.15, -0.1) is 11.3 Å². The molecule has 0 radical (unpaired) electrons. The number of hydrogen-bond donors (Lipinski definition) is 1. The lowest BCUT2D eigenvalue weighted by atomic mass is 10.2. The quantitative estimate of drug-likeness (QED) is 0.910. The summed E-state index contributed by atoms with van der Waals surface area (Å²) in [5, 5.41) is 2.89. The van der Waals surface area contributed by atoms with Gasteiger partial charge in [-0.1, -0.05) is 0 Å². The Morgan fingerprint density at radius 1 is 1.28 bits per heavy atom. The van der Waals surface area contributed by atoms with E-state index in [2.05, 4.69) is 10.3 Å². The number of aromatic nitrogens is 1. The first kappa shape index (κ1) is 12.9. The Labute approximate surface area is 106 Å². The number of pyridine rings is 1. The van der Waals surface area contributed by atoms with Gasteiger partial charge in [-0.3, -0.25) is 0 Å². The van der Waals surface area contributed by atoms with Gasteiger partial charge < -0.3 is 5.32 Å². The Balaban J connectivity index is 2.06. The Morgan fingerprint density at radius 2 is 2.06 bits per heavy atom. The van der Waals surface area contributed by atoms with Gasteiger partial charge in [-0.25, -0.2) is 4.98 Å². The van der Waals surface area contributed by atoms with Gasteiger partial charge in [-0.05, 0) is 31.2 Å². The molecule has 2 rings (SSSR count). The van der Waals surface area contributed by atoms with E-state index in [1.807, 2.05) is 19.1 Å². The SMILES string of the molecule is Cc1ccc(CNc2cc(C(F)(F)F)ccn2)s1. The van der Waals surface area contributed by atoms with Gasteiger partial charge in [-0.2, -0.15) is 13.2 Å². The van der Waals surface area contributed by atoms with E-state index in [1.165, 1.54) is 4.88 Å². The monoisotopic (exact) mass is 272 g/mol. The number of nitrogens with one attached hydrogen (secondary N) is 1. The van der Waals surface area contributed by atoms with Gasteiger partial charge in [0, 0.05) is 16.0 Å². The molecule has 0 atom stereocenters. The summed E-state index contributed by atoms with van der Waals surface area (Å²) < 4.78 is 37.4. The lowest BCUT2D eigenvalue weighted by molar-refractivity contribution is -0.137. The van der Waals surface area contributed by atoms with Crippen LogP contribution in [0.15, 0.2) is 30.5 Å². The van der Waals surface area contributed by atoms with Crippen LogP contribution in [0.2, 0.25) is 0 Å². The largest absolute Gasteiger partial charge is 0.416 e. The van der Waals surface area contributed by atoms with Crippen LogP contribution in [0.5, 0.6) is 0 Å². The number of thiophene rings is 1. The minimum absolute atomic E-state index is 0.232. The number of anilines is 1. The summed E-state index contributed by atoms with van der Waals surface area (Å²) in [7, 11) is 0. The molecular formula is C12H11F3N2S. The predicted octanol–water partition coefficient (Wildman–Crippen LogP) is 4.08. The molecule has 1 N–H and O–H groups in total. The molecule has 6 heteroatoms. The topological polar surface area (TPSA) is 24.9 Å². The second-order valence-electron chi connectivity index (χ2n) is 3.79. The second kappa shape index (κ2) is 4.97. The first-order valence-electron chi connectivity index (χ1n) is 5.27. The molecule has 0 spiro atoms. The third-order valence-electron chi connectivity index (χ3n) is 2.33. The summed E-state index contributed by atoms with van der Waals surface area (Å²) in [6.07, 6.45) is -3.18. The molecule has 0 saturated heterocycles. The highest BCUT2D eigenvalue weighted by Gasteiger charge is 2.30. The molecule has 0 fully saturated rings. The van der Waals surface area contributed by atoms with Crippen LogP contribution < -0.4 is 5.32 Å². The molecular weight excluding hydrogens is 261 g/mol. The van der Waals surface area contributed by atoms with Gasteiger partial charge >= 0.3 is 6.18 Å². The van der Waals surface area contributed by atoms with Gasteiger partial charge in [0.05, 0.1) is 12.1 Å². The Hall–Kier alpha value is -1.56. The van der Waals surface area contributed by atoms with E-state index >= 15 is 0 Å². The molecule has 0 bridgehead atoms. The van der Waals surface area contributed by atoms with Crippen LogP contribution in [0.25, 0.3) is 0 Å². The normalized spacial score (nSPS) is 11.6. The van der Waals surface area contributed by atoms with Gasteiger partial charge in [0.15, 0.2) is 0 Å².